The molecular formula is C24H21CuN3O3S. The molecule has 0 saturated carbocycles. The molecule has 0 unspecified atom stereocenters. The number of aromatic hydroxyl groups is 2. The fourth-order valence-electron chi connectivity index (χ4n) is 2.49. The quantitative estimate of drug-likeness (QED) is 0.111. The van der Waals surface area contributed by atoms with Gasteiger partial charge in [-0.05, 0) is 41.8 Å². The Hall–Kier alpha value is -3.58. The number of anilines is 1. The van der Waals surface area contributed by atoms with E-state index in [9.17, 15) is 15.4 Å². The van der Waals surface area contributed by atoms with Crippen molar-refractivity contribution in [2.24, 2.45) is 5.10 Å². The van der Waals surface area contributed by atoms with Crippen molar-refractivity contribution in [1.29, 1.82) is 0 Å². The van der Waals surface area contributed by atoms with E-state index in [1.54, 1.807) is 42.6 Å². The summed E-state index contributed by atoms with van der Waals surface area (Å²) in [6.07, 6.45) is 3.03. The van der Waals surface area contributed by atoms with E-state index in [4.69, 9.17) is 0 Å². The number of hydrogen-bond donors (Lipinski definition) is 3. The summed E-state index contributed by atoms with van der Waals surface area (Å²) in [6.45, 7) is 0. The van der Waals surface area contributed by atoms with Crippen molar-refractivity contribution < 1.29 is 32.0 Å². The summed E-state index contributed by atoms with van der Waals surface area (Å²) in [5.41, 5.74) is 4.73. The van der Waals surface area contributed by atoms with Crippen LogP contribution in [0.15, 0.2) is 101 Å². The van der Waals surface area contributed by atoms with E-state index < -0.39 is 0 Å². The van der Waals surface area contributed by atoms with Gasteiger partial charge in [0.15, 0.2) is 12.0 Å². The van der Waals surface area contributed by atoms with Gasteiger partial charge in [0.05, 0.1) is 16.8 Å². The van der Waals surface area contributed by atoms with Gasteiger partial charge in [-0.3, -0.25) is 5.43 Å². The molecule has 1 radical (unpaired) electrons. The normalized spacial score (nSPS) is 10.7. The zero-order valence-corrected chi connectivity index (χ0v) is 18.6. The van der Waals surface area contributed by atoms with Crippen molar-refractivity contribution in [3.63, 3.8) is 0 Å². The molecule has 4 aromatic rings. The molecule has 4 rings (SSSR count). The minimum Gasteiger partial charge on any atom is -0.618 e. The van der Waals surface area contributed by atoms with Gasteiger partial charge in [-0.2, -0.15) is 9.84 Å². The van der Waals surface area contributed by atoms with E-state index in [-0.39, 0.29) is 34.3 Å². The SMILES string of the molecule is Oc1ccccc1/C=N/Nc1ccccc1.[Cu].[O-]/[N+](=C\c1cccs1)c1ccccc1O. The Balaban J connectivity index is 0.000000220. The molecule has 0 bridgehead atoms. The molecule has 0 aliphatic carbocycles. The molecule has 0 aliphatic heterocycles. The van der Waals surface area contributed by atoms with Crippen molar-refractivity contribution in [3.05, 3.63) is 112 Å². The van der Waals surface area contributed by atoms with E-state index in [0.29, 0.717) is 10.3 Å². The summed E-state index contributed by atoms with van der Waals surface area (Å²) >= 11 is 1.47. The monoisotopic (exact) mass is 494 g/mol. The maximum Gasteiger partial charge on any atom is 0.258 e. The van der Waals surface area contributed by atoms with Crippen LogP contribution in [0.5, 0.6) is 11.5 Å². The molecule has 3 aromatic carbocycles. The van der Waals surface area contributed by atoms with Crippen LogP contribution >= 0.6 is 11.3 Å². The third kappa shape index (κ3) is 7.59. The Bertz CT molecular complexity index is 1150. The van der Waals surface area contributed by atoms with Gasteiger partial charge in [0.2, 0.25) is 0 Å². The van der Waals surface area contributed by atoms with Gasteiger partial charge in [-0.15, -0.1) is 11.3 Å². The second-order valence-electron chi connectivity index (χ2n) is 6.25. The third-order valence-electron chi connectivity index (χ3n) is 4.01. The first-order valence-corrected chi connectivity index (χ1v) is 10.3. The van der Waals surface area contributed by atoms with Crippen LogP contribution in [-0.4, -0.2) is 27.4 Å². The van der Waals surface area contributed by atoms with Crippen LogP contribution in [0, 0.1) is 5.21 Å². The van der Waals surface area contributed by atoms with Crippen LogP contribution in [0.2, 0.25) is 0 Å². The van der Waals surface area contributed by atoms with Gasteiger partial charge in [-0.1, -0.05) is 48.5 Å². The summed E-state index contributed by atoms with van der Waals surface area (Å²) in [5.74, 6) is 0.210. The standard InChI is InChI=1S/C13H12N2O.C11H9NO2S.Cu/c16-13-9-5-4-6-11(13)10-14-15-12-7-2-1-3-8-12;13-11-6-2-1-5-10(11)12(14)8-9-4-3-7-15-9;/h1-10,15-16H;1-8,13H;/b14-10+;12-8-;. The number of hydrazone groups is 1. The molecule has 8 heteroatoms. The van der Waals surface area contributed by atoms with Gasteiger partial charge in [0, 0.05) is 28.7 Å². The number of nitrogens with one attached hydrogen (secondary N) is 1. The Morgan fingerprint density at radius 3 is 2.12 bits per heavy atom. The number of rotatable bonds is 5. The molecule has 167 valence electrons. The van der Waals surface area contributed by atoms with Crippen molar-refractivity contribution in [2.45, 2.75) is 0 Å². The van der Waals surface area contributed by atoms with Crippen molar-refractivity contribution >= 4 is 35.1 Å². The van der Waals surface area contributed by atoms with Crippen LogP contribution in [0.25, 0.3) is 0 Å². The van der Waals surface area contributed by atoms with Crippen molar-refractivity contribution in [2.75, 3.05) is 5.43 Å². The van der Waals surface area contributed by atoms with E-state index in [1.165, 1.54) is 23.6 Å². The third-order valence-corrected chi connectivity index (χ3v) is 4.82. The second-order valence-corrected chi connectivity index (χ2v) is 7.23. The van der Waals surface area contributed by atoms with Crippen molar-refractivity contribution in [1.82, 2.24) is 0 Å². The molecule has 0 aliphatic rings. The molecule has 6 nitrogen and oxygen atoms in total. The molecule has 1 heterocycles. The second kappa shape index (κ2) is 13.0. The average Bonchev–Trinajstić information content (AvgIpc) is 3.30. The van der Waals surface area contributed by atoms with E-state index in [1.807, 2.05) is 53.9 Å². The molecule has 0 fully saturated rings. The predicted molar refractivity (Wildman–Crippen MR) is 127 cm³/mol. The first kappa shape index (κ1) is 24.7. The summed E-state index contributed by atoms with van der Waals surface area (Å²) in [4.78, 5) is 0.855. The van der Waals surface area contributed by atoms with Gasteiger partial charge >= 0.3 is 0 Å². The van der Waals surface area contributed by atoms with Crippen LogP contribution in [0.1, 0.15) is 10.4 Å². The van der Waals surface area contributed by atoms with Crippen LogP contribution in [0.3, 0.4) is 0 Å². The van der Waals surface area contributed by atoms with Crippen molar-refractivity contribution in [3.8, 4) is 11.5 Å². The zero-order chi connectivity index (χ0) is 21.9. The van der Waals surface area contributed by atoms with E-state index in [2.05, 4.69) is 10.5 Å². The molecule has 1 aromatic heterocycles. The molecule has 0 spiro atoms. The Morgan fingerprint density at radius 1 is 0.812 bits per heavy atom. The van der Waals surface area contributed by atoms with Gasteiger partial charge in [0.1, 0.15) is 5.75 Å². The maximum atomic E-state index is 11.6. The summed E-state index contributed by atoms with van der Waals surface area (Å²) < 4.78 is 0.668. The van der Waals surface area contributed by atoms with Gasteiger partial charge in [0.25, 0.3) is 5.69 Å². The fourth-order valence-corrected chi connectivity index (χ4v) is 3.11. The molecule has 32 heavy (non-hydrogen) atoms. The average molecular weight is 495 g/mol. The van der Waals surface area contributed by atoms with Crippen LogP contribution < -0.4 is 5.43 Å². The Kier molecular flexibility index (Phi) is 10.0. The number of nitrogens with zero attached hydrogens (tertiary/aromatic N) is 2. The fraction of sp³-hybridized carbons (Fsp3) is 0. The largest absolute Gasteiger partial charge is 0.618 e. The number of benzene rings is 3. The molecular weight excluding hydrogens is 474 g/mol. The summed E-state index contributed by atoms with van der Waals surface area (Å²) in [6, 6.07) is 26.9. The van der Waals surface area contributed by atoms with Crippen LogP contribution in [-0.2, 0) is 17.1 Å². The maximum absolute atomic E-state index is 11.6. The molecule has 0 atom stereocenters. The topological polar surface area (TPSA) is 90.9 Å². The molecule has 0 amide bonds. The van der Waals surface area contributed by atoms with E-state index >= 15 is 0 Å². The first-order valence-electron chi connectivity index (χ1n) is 9.38. The summed E-state index contributed by atoms with van der Waals surface area (Å²) in [7, 11) is 0. The minimum atomic E-state index is -0.0136. The summed E-state index contributed by atoms with van der Waals surface area (Å²) in [5, 5.41) is 36.5. The number of hydrogen-bond acceptors (Lipinski definition) is 6. The number of thiophene rings is 1. The predicted octanol–water partition coefficient (Wildman–Crippen LogP) is 5.55. The van der Waals surface area contributed by atoms with Gasteiger partial charge in [-0.25, -0.2) is 0 Å². The zero-order valence-electron chi connectivity index (χ0n) is 16.8. The smallest absolute Gasteiger partial charge is 0.258 e. The number of phenolic OH excluding ortho intramolecular Hbond substituents is 2. The van der Waals surface area contributed by atoms with Crippen LogP contribution in [0.4, 0.5) is 11.4 Å². The molecule has 3 N–H and O–H groups in total. The van der Waals surface area contributed by atoms with Gasteiger partial charge < -0.3 is 15.4 Å². The van der Waals surface area contributed by atoms with E-state index in [0.717, 1.165) is 10.6 Å². The first-order chi connectivity index (χ1) is 15.1. The Morgan fingerprint density at radius 2 is 1.47 bits per heavy atom. The minimum absolute atomic E-state index is 0. The number of phenols is 2. The molecule has 0 saturated heterocycles. The number of para-hydroxylation sites is 4. The Labute approximate surface area is 200 Å².